The van der Waals surface area contributed by atoms with Crippen LogP contribution in [0.4, 0.5) is 0 Å². The maximum Gasteiger partial charge on any atom is 0.254 e. The first-order valence-electron chi connectivity index (χ1n) is 7.92. The highest BCUT2D eigenvalue weighted by atomic mass is 16.5. The molecule has 0 radical (unpaired) electrons. The molecule has 1 saturated carbocycles. The molecule has 2 aliphatic rings. The van der Waals surface area contributed by atoms with Crippen LogP contribution in [0.15, 0.2) is 30.6 Å². The van der Waals surface area contributed by atoms with Crippen LogP contribution in [0, 0.1) is 5.92 Å². The maximum absolute atomic E-state index is 13.0. The molecule has 1 amide bonds. The van der Waals surface area contributed by atoms with Gasteiger partial charge in [-0.2, -0.15) is 0 Å². The Morgan fingerprint density at radius 2 is 2.09 bits per heavy atom. The molecule has 1 aromatic carbocycles. The summed E-state index contributed by atoms with van der Waals surface area (Å²) >= 11 is 0. The molecule has 2 aromatic rings. The summed E-state index contributed by atoms with van der Waals surface area (Å²) in [6, 6.07) is 7.39. The molecule has 2 fully saturated rings. The van der Waals surface area contributed by atoms with Gasteiger partial charge in [-0.3, -0.25) is 4.79 Å². The molecule has 1 unspecified atom stereocenters. The number of morpholine rings is 1. The van der Waals surface area contributed by atoms with Crippen molar-refractivity contribution < 1.29 is 9.53 Å². The number of tetrazole rings is 1. The third-order valence-corrected chi connectivity index (χ3v) is 4.90. The number of amides is 1. The largest absolute Gasteiger partial charge is 0.377 e. The van der Waals surface area contributed by atoms with E-state index < -0.39 is 0 Å². The second-order valence-corrected chi connectivity index (χ2v) is 6.44. The Morgan fingerprint density at radius 3 is 2.74 bits per heavy atom. The van der Waals surface area contributed by atoms with Crippen LogP contribution in [0.2, 0.25) is 0 Å². The molecular formula is C16H19N5O2. The predicted molar refractivity (Wildman–Crippen MR) is 82.1 cm³/mol. The first-order valence-corrected chi connectivity index (χ1v) is 7.92. The quantitative estimate of drug-likeness (QED) is 0.854. The second kappa shape index (κ2) is 5.42. The monoisotopic (exact) mass is 313 g/mol. The Labute approximate surface area is 134 Å². The van der Waals surface area contributed by atoms with Gasteiger partial charge in [-0.05, 0) is 60.4 Å². The first-order chi connectivity index (χ1) is 11.2. The Kier molecular flexibility index (Phi) is 3.37. The molecule has 4 rings (SSSR count). The van der Waals surface area contributed by atoms with Crippen molar-refractivity contribution in [1.82, 2.24) is 25.1 Å². The molecular weight excluding hydrogens is 294 g/mol. The maximum atomic E-state index is 13.0. The van der Waals surface area contributed by atoms with Crippen molar-refractivity contribution in [3.8, 4) is 5.69 Å². The van der Waals surface area contributed by atoms with E-state index in [1.807, 2.05) is 29.2 Å². The van der Waals surface area contributed by atoms with Gasteiger partial charge in [0.05, 0.1) is 24.4 Å². The number of aromatic nitrogens is 4. The minimum absolute atomic E-state index is 0.0750. The number of rotatable bonds is 3. The van der Waals surface area contributed by atoms with E-state index in [1.54, 1.807) is 4.68 Å². The van der Waals surface area contributed by atoms with E-state index in [9.17, 15) is 4.79 Å². The summed E-state index contributed by atoms with van der Waals surface area (Å²) in [4.78, 5) is 15.0. The van der Waals surface area contributed by atoms with Crippen molar-refractivity contribution >= 4 is 5.91 Å². The number of carbonyl (C=O) groups is 1. The Bertz CT molecular complexity index is 696. The van der Waals surface area contributed by atoms with Crippen LogP contribution in [0.25, 0.3) is 5.69 Å². The molecule has 0 N–H and O–H groups in total. The highest BCUT2D eigenvalue weighted by Crippen LogP contribution is 2.44. The zero-order valence-corrected chi connectivity index (χ0v) is 13.1. The fraction of sp³-hybridized carbons (Fsp3) is 0.500. The number of carbonyl (C=O) groups excluding carboxylic acids is 1. The van der Waals surface area contributed by atoms with Crippen LogP contribution >= 0.6 is 0 Å². The molecule has 1 aliphatic heterocycles. The summed E-state index contributed by atoms with van der Waals surface area (Å²) in [5, 5.41) is 11.1. The lowest BCUT2D eigenvalue weighted by atomic mass is 9.92. The molecule has 120 valence electrons. The first kappa shape index (κ1) is 14.3. The van der Waals surface area contributed by atoms with Gasteiger partial charge in [0.1, 0.15) is 6.33 Å². The molecule has 1 atom stereocenters. The van der Waals surface area contributed by atoms with Gasteiger partial charge in [0.2, 0.25) is 0 Å². The van der Waals surface area contributed by atoms with E-state index in [0.717, 1.165) is 5.69 Å². The summed E-state index contributed by atoms with van der Waals surface area (Å²) in [5.41, 5.74) is 1.35. The van der Waals surface area contributed by atoms with Gasteiger partial charge in [0, 0.05) is 12.1 Å². The lowest BCUT2D eigenvalue weighted by molar-refractivity contribution is -0.0547. The van der Waals surface area contributed by atoms with Crippen molar-refractivity contribution in [2.45, 2.75) is 25.3 Å². The SMILES string of the molecule is CC1(C2CC2)COCCN1C(=O)c1ccc(-n2cnnn2)cc1. The lowest BCUT2D eigenvalue weighted by Gasteiger charge is -2.45. The molecule has 7 heteroatoms. The van der Waals surface area contributed by atoms with E-state index in [1.165, 1.54) is 19.2 Å². The van der Waals surface area contributed by atoms with Crippen molar-refractivity contribution in [2.75, 3.05) is 19.8 Å². The van der Waals surface area contributed by atoms with Crippen molar-refractivity contribution in [1.29, 1.82) is 0 Å². The van der Waals surface area contributed by atoms with Crippen molar-refractivity contribution in [2.24, 2.45) is 5.92 Å². The van der Waals surface area contributed by atoms with Crippen LogP contribution in [0.5, 0.6) is 0 Å². The molecule has 23 heavy (non-hydrogen) atoms. The van der Waals surface area contributed by atoms with Gasteiger partial charge in [-0.15, -0.1) is 5.10 Å². The summed E-state index contributed by atoms with van der Waals surface area (Å²) < 4.78 is 7.22. The molecule has 2 heterocycles. The molecule has 1 aliphatic carbocycles. The summed E-state index contributed by atoms with van der Waals surface area (Å²) in [5.74, 6) is 0.637. The molecule has 1 saturated heterocycles. The summed E-state index contributed by atoms with van der Waals surface area (Å²) in [6.07, 6.45) is 3.90. The summed E-state index contributed by atoms with van der Waals surface area (Å²) in [6.45, 7) is 4.04. The average Bonchev–Trinajstić information content (AvgIpc) is 3.31. The number of hydrogen-bond donors (Lipinski definition) is 0. The summed E-state index contributed by atoms with van der Waals surface area (Å²) in [7, 11) is 0. The van der Waals surface area contributed by atoms with Gasteiger partial charge >= 0.3 is 0 Å². The highest BCUT2D eigenvalue weighted by molar-refractivity contribution is 5.95. The Morgan fingerprint density at radius 1 is 1.30 bits per heavy atom. The van der Waals surface area contributed by atoms with Gasteiger partial charge in [-0.1, -0.05) is 0 Å². The molecule has 0 bridgehead atoms. The molecule has 7 nitrogen and oxygen atoms in total. The third-order valence-electron chi connectivity index (χ3n) is 4.90. The van der Waals surface area contributed by atoms with Gasteiger partial charge in [-0.25, -0.2) is 4.68 Å². The van der Waals surface area contributed by atoms with Crippen LogP contribution in [-0.4, -0.2) is 56.3 Å². The standard InChI is InChI=1S/C16H19N5O2/c1-16(13-4-5-13)10-23-9-8-20(16)15(22)12-2-6-14(7-3-12)21-11-17-18-19-21/h2-3,6-7,11,13H,4-5,8-10H2,1H3. The third kappa shape index (κ3) is 2.50. The van der Waals surface area contributed by atoms with Crippen LogP contribution in [-0.2, 0) is 4.74 Å². The van der Waals surface area contributed by atoms with Crippen molar-refractivity contribution in [3.63, 3.8) is 0 Å². The number of nitrogens with zero attached hydrogens (tertiary/aromatic N) is 5. The number of benzene rings is 1. The number of ether oxygens (including phenoxy) is 1. The van der Waals surface area contributed by atoms with Crippen LogP contribution in [0.3, 0.4) is 0 Å². The normalized spacial score (nSPS) is 24.7. The highest BCUT2D eigenvalue weighted by Gasteiger charge is 2.49. The van der Waals surface area contributed by atoms with Gasteiger partial charge in [0.15, 0.2) is 0 Å². The minimum Gasteiger partial charge on any atom is -0.377 e. The Balaban J connectivity index is 1.58. The zero-order valence-electron chi connectivity index (χ0n) is 13.1. The fourth-order valence-electron chi connectivity index (χ4n) is 3.34. The van der Waals surface area contributed by atoms with E-state index in [-0.39, 0.29) is 11.4 Å². The minimum atomic E-state index is -0.177. The van der Waals surface area contributed by atoms with E-state index in [4.69, 9.17) is 4.74 Å². The Hall–Kier alpha value is -2.28. The van der Waals surface area contributed by atoms with E-state index in [0.29, 0.717) is 31.2 Å². The van der Waals surface area contributed by atoms with Gasteiger partial charge < -0.3 is 9.64 Å². The lowest BCUT2D eigenvalue weighted by Crippen LogP contribution is -2.58. The zero-order chi connectivity index (χ0) is 15.9. The molecule has 1 aromatic heterocycles. The van der Waals surface area contributed by atoms with E-state index >= 15 is 0 Å². The molecule has 0 spiro atoms. The predicted octanol–water partition coefficient (Wildman–Crippen LogP) is 1.30. The van der Waals surface area contributed by atoms with Crippen molar-refractivity contribution in [3.05, 3.63) is 36.2 Å². The van der Waals surface area contributed by atoms with E-state index in [2.05, 4.69) is 22.4 Å². The smallest absolute Gasteiger partial charge is 0.254 e. The average molecular weight is 313 g/mol. The second-order valence-electron chi connectivity index (χ2n) is 6.44. The fourth-order valence-corrected chi connectivity index (χ4v) is 3.34. The topological polar surface area (TPSA) is 73.1 Å². The number of hydrogen-bond acceptors (Lipinski definition) is 5. The van der Waals surface area contributed by atoms with Crippen LogP contribution < -0.4 is 0 Å². The van der Waals surface area contributed by atoms with Gasteiger partial charge in [0.25, 0.3) is 5.91 Å². The van der Waals surface area contributed by atoms with Crippen LogP contribution in [0.1, 0.15) is 30.1 Å².